The van der Waals surface area contributed by atoms with Gasteiger partial charge in [0.15, 0.2) is 5.17 Å². The second-order valence-electron chi connectivity index (χ2n) is 7.02. The zero-order chi connectivity index (χ0) is 15.8. The fourth-order valence-corrected chi connectivity index (χ4v) is 5.10. The molecule has 2 bridgehead atoms. The van der Waals surface area contributed by atoms with E-state index in [0.717, 1.165) is 37.5 Å². The largest absolute Gasteiger partial charge is 0.343 e. The summed E-state index contributed by atoms with van der Waals surface area (Å²) in [5.74, 6) is 1.27. The number of hydrogen-bond donors (Lipinski definition) is 1. The first-order chi connectivity index (χ1) is 11.2. The predicted octanol–water partition coefficient (Wildman–Crippen LogP) is 1.94. The van der Waals surface area contributed by atoms with E-state index >= 15 is 0 Å². The molecule has 4 rings (SSSR count). The number of nitrogens with one attached hydrogen (secondary N) is 1. The van der Waals surface area contributed by atoms with Gasteiger partial charge in [0.25, 0.3) is 0 Å². The highest BCUT2D eigenvalue weighted by Crippen LogP contribution is 2.41. The van der Waals surface area contributed by atoms with Crippen molar-refractivity contribution < 1.29 is 9.59 Å². The molecule has 0 spiro atoms. The van der Waals surface area contributed by atoms with Crippen molar-refractivity contribution in [2.45, 2.75) is 49.8 Å². The Hall–Kier alpha value is -1.30. The van der Waals surface area contributed by atoms with Crippen LogP contribution in [-0.4, -0.2) is 46.3 Å². The van der Waals surface area contributed by atoms with Gasteiger partial charge in [-0.05, 0) is 43.9 Å². The smallest absolute Gasteiger partial charge is 0.240 e. The summed E-state index contributed by atoms with van der Waals surface area (Å²) >= 11 is 1.44. The topological polar surface area (TPSA) is 61.8 Å². The van der Waals surface area contributed by atoms with Crippen LogP contribution in [-0.2, 0) is 9.59 Å². The molecule has 4 aliphatic rings. The highest BCUT2D eigenvalue weighted by Gasteiger charge is 2.38. The number of rotatable bonds is 3. The molecule has 0 aromatic rings. The molecule has 1 saturated carbocycles. The number of aliphatic imine (C=N–C) groups is 1. The van der Waals surface area contributed by atoms with E-state index < -0.39 is 0 Å². The molecule has 4 unspecified atom stereocenters. The summed E-state index contributed by atoms with van der Waals surface area (Å²) < 4.78 is 0. The van der Waals surface area contributed by atoms with Crippen LogP contribution in [0.2, 0.25) is 0 Å². The molecule has 124 valence electrons. The second kappa shape index (κ2) is 6.30. The number of carbonyl (C=O) groups is 2. The van der Waals surface area contributed by atoms with E-state index in [9.17, 15) is 9.59 Å². The summed E-state index contributed by atoms with van der Waals surface area (Å²) in [6.07, 6.45) is 10.5. The highest BCUT2D eigenvalue weighted by atomic mass is 32.2. The third-order valence-corrected chi connectivity index (χ3v) is 6.47. The first-order valence-electron chi connectivity index (χ1n) is 8.70. The average Bonchev–Trinajstić information content (AvgIpc) is 3.25. The zero-order valence-corrected chi connectivity index (χ0v) is 14.1. The van der Waals surface area contributed by atoms with Gasteiger partial charge in [-0.15, -0.1) is 0 Å². The van der Waals surface area contributed by atoms with Gasteiger partial charge in [-0.3, -0.25) is 14.6 Å². The molecule has 2 saturated heterocycles. The fraction of sp³-hybridized carbons (Fsp3) is 0.706. The third-order valence-electron chi connectivity index (χ3n) is 5.37. The Morgan fingerprint density at radius 2 is 2.09 bits per heavy atom. The fourth-order valence-electron chi connectivity index (χ4n) is 4.08. The van der Waals surface area contributed by atoms with Crippen LogP contribution >= 0.6 is 11.8 Å². The van der Waals surface area contributed by atoms with E-state index in [1.165, 1.54) is 24.6 Å². The van der Waals surface area contributed by atoms with E-state index in [4.69, 9.17) is 4.99 Å². The molecule has 5 nitrogen and oxygen atoms in total. The van der Waals surface area contributed by atoms with Gasteiger partial charge >= 0.3 is 0 Å². The molecule has 2 amide bonds. The lowest BCUT2D eigenvalue weighted by Gasteiger charge is -2.27. The van der Waals surface area contributed by atoms with Gasteiger partial charge in [0.05, 0.1) is 6.04 Å². The van der Waals surface area contributed by atoms with Gasteiger partial charge < -0.3 is 10.2 Å². The van der Waals surface area contributed by atoms with Crippen molar-refractivity contribution in [3.8, 4) is 0 Å². The van der Waals surface area contributed by atoms with Crippen LogP contribution in [0.5, 0.6) is 0 Å². The van der Waals surface area contributed by atoms with E-state index in [2.05, 4.69) is 17.5 Å². The number of amidine groups is 1. The molecule has 3 fully saturated rings. The van der Waals surface area contributed by atoms with Crippen LogP contribution in [0.25, 0.3) is 0 Å². The number of carbonyl (C=O) groups excluding carboxylic acids is 2. The number of allylic oxidation sites excluding steroid dienone is 1. The number of fused-ring (bicyclic) bond motifs is 2. The molecule has 0 aromatic heterocycles. The van der Waals surface area contributed by atoms with Crippen molar-refractivity contribution in [3.05, 3.63) is 12.2 Å². The van der Waals surface area contributed by atoms with Gasteiger partial charge in [0.1, 0.15) is 5.25 Å². The Morgan fingerprint density at radius 1 is 1.26 bits per heavy atom. The Labute approximate surface area is 141 Å². The van der Waals surface area contributed by atoms with Crippen molar-refractivity contribution in [2.24, 2.45) is 16.8 Å². The molecule has 0 radical (unpaired) electrons. The van der Waals surface area contributed by atoms with Gasteiger partial charge in [0, 0.05) is 19.5 Å². The summed E-state index contributed by atoms with van der Waals surface area (Å²) in [6, 6.07) is 0.310. The lowest BCUT2D eigenvalue weighted by Crippen LogP contribution is -2.38. The number of amides is 2. The number of thioether (sulfide) groups is 1. The minimum Gasteiger partial charge on any atom is -0.343 e. The van der Waals surface area contributed by atoms with Gasteiger partial charge in [0.2, 0.25) is 11.8 Å². The summed E-state index contributed by atoms with van der Waals surface area (Å²) in [7, 11) is 0. The normalized spacial score (nSPS) is 37.7. The Kier molecular flexibility index (Phi) is 4.18. The van der Waals surface area contributed by atoms with Crippen LogP contribution in [0, 0.1) is 11.8 Å². The van der Waals surface area contributed by atoms with Crippen LogP contribution in [0.15, 0.2) is 17.1 Å². The summed E-state index contributed by atoms with van der Waals surface area (Å²) in [5.41, 5.74) is 0. The number of piperidine rings is 1. The van der Waals surface area contributed by atoms with Crippen LogP contribution in [0.1, 0.15) is 38.5 Å². The summed E-state index contributed by atoms with van der Waals surface area (Å²) in [6.45, 7) is 1.69. The monoisotopic (exact) mass is 333 g/mol. The van der Waals surface area contributed by atoms with Crippen molar-refractivity contribution in [1.82, 2.24) is 10.2 Å². The lowest BCUT2D eigenvalue weighted by molar-refractivity contribution is -0.133. The van der Waals surface area contributed by atoms with E-state index in [0.29, 0.717) is 24.3 Å². The minimum atomic E-state index is -0.308. The van der Waals surface area contributed by atoms with E-state index in [1.54, 1.807) is 0 Å². The Balaban J connectivity index is 1.35. The summed E-state index contributed by atoms with van der Waals surface area (Å²) in [5, 5.41) is 3.29. The Morgan fingerprint density at radius 3 is 2.78 bits per heavy atom. The first kappa shape index (κ1) is 15.2. The van der Waals surface area contributed by atoms with Crippen LogP contribution in [0.3, 0.4) is 0 Å². The SMILES string of the molecule is O=C1NC(=NC2CC3C=CC2C3)SC1CC(=O)N1CCCCC1. The minimum absolute atomic E-state index is 0.0576. The summed E-state index contributed by atoms with van der Waals surface area (Å²) in [4.78, 5) is 31.1. The zero-order valence-electron chi connectivity index (χ0n) is 13.2. The molecule has 23 heavy (non-hydrogen) atoms. The number of nitrogens with zero attached hydrogens (tertiary/aromatic N) is 2. The lowest BCUT2D eigenvalue weighted by atomic mass is 10.0. The van der Waals surface area contributed by atoms with Crippen molar-refractivity contribution >= 4 is 28.7 Å². The predicted molar refractivity (Wildman–Crippen MR) is 91.1 cm³/mol. The van der Waals surface area contributed by atoms with E-state index in [1.807, 2.05) is 4.90 Å². The third kappa shape index (κ3) is 3.18. The Bertz CT molecular complexity index is 568. The molecule has 4 atom stereocenters. The van der Waals surface area contributed by atoms with Crippen molar-refractivity contribution in [2.75, 3.05) is 13.1 Å². The number of hydrogen-bond acceptors (Lipinski definition) is 4. The molecule has 2 aliphatic heterocycles. The van der Waals surface area contributed by atoms with Gasteiger partial charge in [-0.1, -0.05) is 23.9 Å². The first-order valence-corrected chi connectivity index (χ1v) is 9.58. The van der Waals surface area contributed by atoms with Crippen LogP contribution in [0.4, 0.5) is 0 Å². The quantitative estimate of drug-likeness (QED) is 0.803. The average molecular weight is 333 g/mol. The molecular formula is C17H23N3O2S. The van der Waals surface area contributed by atoms with Gasteiger partial charge in [-0.2, -0.15) is 0 Å². The number of likely N-dealkylation sites (tertiary alicyclic amines) is 1. The second-order valence-corrected chi connectivity index (χ2v) is 8.21. The molecular weight excluding hydrogens is 310 g/mol. The maximum atomic E-state index is 12.3. The standard InChI is InChI=1S/C17H23N3O2S/c21-15(20-6-2-1-3-7-20)10-14-16(22)19-17(23-14)18-13-9-11-4-5-12(13)8-11/h4-5,11-14H,1-3,6-10H2,(H,18,19,22). The van der Waals surface area contributed by atoms with E-state index in [-0.39, 0.29) is 17.1 Å². The molecule has 6 heteroatoms. The maximum Gasteiger partial charge on any atom is 0.240 e. The highest BCUT2D eigenvalue weighted by molar-refractivity contribution is 8.15. The van der Waals surface area contributed by atoms with Crippen molar-refractivity contribution in [3.63, 3.8) is 0 Å². The van der Waals surface area contributed by atoms with Crippen molar-refractivity contribution in [1.29, 1.82) is 0 Å². The molecule has 0 aromatic carbocycles. The maximum absolute atomic E-state index is 12.3. The molecule has 2 aliphatic carbocycles. The molecule has 1 N–H and O–H groups in total. The van der Waals surface area contributed by atoms with Gasteiger partial charge in [-0.25, -0.2) is 0 Å². The van der Waals surface area contributed by atoms with Crippen LogP contribution < -0.4 is 5.32 Å². The molecule has 2 heterocycles.